The monoisotopic (exact) mass is 306 g/mol. The normalized spacial score (nSPS) is 10.1. The van der Waals surface area contributed by atoms with E-state index >= 15 is 0 Å². The van der Waals surface area contributed by atoms with Crippen LogP contribution in [0, 0.1) is 6.92 Å². The summed E-state index contributed by atoms with van der Waals surface area (Å²) in [6.07, 6.45) is 2.70. The second-order valence-corrected chi connectivity index (χ2v) is 4.78. The molecule has 1 aromatic carbocycles. The number of pyridine rings is 1. The van der Waals surface area contributed by atoms with Crippen molar-refractivity contribution in [1.29, 1.82) is 0 Å². The SMILES string of the molecule is Cc1cc(Br)cc(NC(=O)c2ccncc2O)c1. The zero-order chi connectivity index (χ0) is 13.1. The van der Waals surface area contributed by atoms with Crippen molar-refractivity contribution in [1.82, 2.24) is 4.98 Å². The molecule has 0 aliphatic heterocycles. The van der Waals surface area contributed by atoms with E-state index in [4.69, 9.17) is 0 Å². The van der Waals surface area contributed by atoms with Crippen LogP contribution in [0.4, 0.5) is 5.69 Å². The lowest BCUT2D eigenvalue weighted by Gasteiger charge is -2.07. The fourth-order valence-corrected chi connectivity index (χ4v) is 2.19. The molecule has 4 nitrogen and oxygen atoms in total. The third-order valence-electron chi connectivity index (χ3n) is 2.34. The number of hydrogen-bond donors (Lipinski definition) is 2. The van der Waals surface area contributed by atoms with E-state index < -0.39 is 0 Å². The molecular formula is C13H11BrN2O2. The van der Waals surface area contributed by atoms with Crippen molar-refractivity contribution in [3.63, 3.8) is 0 Å². The van der Waals surface area contributed by atoms with Gasteiger partial charge in [-0.25, -0.2) is 0 Å². The van der Waals surface area contributed by atoms with Crippen LogP contribution >= 0.6 is 15.9 Å². The molecule has 92 valence electrons. The average Bonchev–Trinajstić information content (AvgIpc) is 2.27. The minimum atomic E-state index is -0.368. The number of anilines is 1. The first-order valence-corrected chi connectivity index (χ1v) is 6.07. The van der Waals surface area contributed by atoms with Gasteiger partial charge in [0.05, 0.1) is 11.8 Å². The summed E-state index contributed by atoms with van der Waals surface area (Å²) in [6, 6.07) is 7.05. The van der Waals surface area contributed by atoms with Gasteiger partial charge in [0.1, 0.15) is 5.75 Å². The molecule has 0 aliphatic carbocycles. The number of amides is 1. The molecule has 2 N–H and O–H groups in total. The van der Waals surface area contributed by atoms with Crippen LogP contribution in [0.25, 0.3) is 0 Å². The Morgan fingerprint density at radius 1 is 1.39 bits per heavy atom. The zero-order valence-corrected chi connectivity index (χ0v) is 11.2. The Labute approximate surface area is 113 Å². The summed E-state index contributed by atoms with van der Waals surface area (Å²) >= 11 is 3.36. The first-order valence-electron chi connectivity index (χ1n) is 5.28. The van der Waals surface area contributed by atoms with Crippen LogP contribution in [0.1, 0.15) is 15.9 Å². The van der Waals surface area contributed by atoms with Gasteiger partial charge >= 0.3 is 0 Å². The molecule has 0 aliphatic rings. The van der Waals surface area contributed by atoms with Crippen molar-refractivity contribution in [2.24, 2.45) is 0 Å². The molecule has 0 saturated carbocycles. The Morgan fingerprint density at radius 2 is 2.17 bits per heavy atom. The molecule has 1 aromatic heterocycles. The van der Waals surface area contributed by atoms with Crippen LogP contribution in [0.3, 0.4) is 0 Å². The van der Waals surface area contributed by atoms with E-state index in [0.717, 1.165) is 10.0 Å². The number of halogens is 1. The highest BCUT2D eigenvalue weighted by atomic mass is 79.9. The van der Waals surface area contributed by atoms with Crippen molar-refractivity contribution in [2.75, 3.05) is 5.32 Å². The lowest BCUT2D eigenvalue weighted by Crippen LogP contribution is -2.12. The summed E-state index contributed by atoms with van der Waals surface area (Å²) in [5.41, 5.74) is 1.89. The standard InChI is InChI=1S/C13H11BrN2O2/c1-8-4-9(14)6-10(5-8)16-13(18)11-2-3-15-7-12(11)17/h2-7,17H,1H3,(H,16,18). The third kappa shape index (κ3) is 2.87. The molecule has 0 fully saturated rings. The highest BCUT2D eigenvalue weighted by Gasteiger charge is 2.11. The van der Waals surface area contributed by atoms with Gasteiger partial charge in [-0.3, -0.25) is 9.78 Å². The number of rotatable bonds is 2. The van der Waals surface area contributed by atoms with Gasteiger partial charge in [0, 0.05) is 16.4 Å². The number of aromatic nitrogens is 1. The molecule has 5 heteroatoms. The Kier molecular flexibility index (Phi) is 3.62. The van der Waals surface area contributed by atoms with E-state index in [1.807, 2.05) is 19.1 Å². The van der Waals surface area contributed by atoms with Crippen molar-refractivity contribution < 1.29 is 9.90 Å². The quantitative estimate of drug-likeness (QED) is 0.896. The maximum Gasteiger partial charge on any atom is 0.259 e. The van der Waals surface area contributed by atoms with Crippen molar-refractivity contribution in [3.05, 3.63) is 52.3 Å². The first-order chi connectivity index (χ1) is 8.56. The largest absolute Gasteiger partial charge is 0.505 e. The van der Waals surface area contributed by atoms with Gasteiger partial charge in [0.15, 0.2) is 0 Å². The van der Waals surface area contributed by atoms with Crippen molar-refractivity contribution >= 4 is 27.5 Å². The molecule has 2 aromatic rings. The van der Waals surface area contributed by atoms with Gasteiger partial charge in [-0.05, 0) is 36.8 Å². The van der Waals surface area contributed by atoms with Crippen LogP contribution in [-0.4, -0.2) is 16.0 Å². The van der Waals surface area contributed by atoms with Gasteiger partial charge in [-0.15, -0.1) is 0 Å². The average molecular weight is 307 g/mol. The number of aromatic hydroxyl groups is 1. The van der Waals surface area contributed by atoms with Crippen LogP contribution in [-0.2, 0) is 0 Å². The molecule has 0 atom stereocenters. The fourth-order valence-electron chi connectivity index (χ4n) is 1.59. The van der Waals surface area contributed by atoms with Gasteiger partial charge in [0.25, 0.3) is 5.91 Å². The number of nitrogens with one attached hydrogen (secondary N) is 1. The molecule has 0 unspecified atom stereocenters. The Hall–Kier alpha value is -1.88. The molecule has 0 radical (unpaired) electrons. The van der Waals surface area contributed by atoms with Gasteiger partial charge < -0.3 is 10.4 Å². The smallest absolute Gasteiger partial charge is 0.259 e. The zero-order valence-electron chi connectivity index (χ0n) is 9.64. The van der Waals surface area contributed by atoms with E-state index in [-0.39, 0.29) is 17.2 Å². The van der Waals surface area contributed by atoms with Crippen LogP contribution in [0.2, 0.25) is 0 Å². The van der Waals surface area contributed by atoms with Crippen LogP contribution in [0.15, 0.2) is 41.1 Å². The van der Waals surface area contributed by atoms with E-state index in [2.05, 4.69) is 26.2 Å². The molecule has 1 heterocycles. The highest BCUT2D eigenvalue weighted by molar-refractivity contribution is 9.10. The summed E-state index contributed by atoms with van der Waals surface area (Å²) in [4.78, 5) is 15.7. The fraction of sp³-hybridized carbons (Fsp3) is 0.0769. The molecule has 0 saturated heterocycles. The Morgan fingerprint density at radius 3 is 2.83 bits per heavy atom. The maximum atomic E-state index is 11.9. The van der Waals surface area contributed by atoms with Crippen LogP contribution in [0.5, 0.6) is 5.75 Å². The predicted octanol–water partition coefficient (Wildman–Crippen LogP) is 3.11. The van der Waals surface area contributed by atoms with E-state index in [1.165, 1.54) is 18.5 Å². The number of carbonyl (C=O) groups is 1. The van der Waals surface area contributed by atoms with Crippen LogP contribution < -0.4 is 5.32 Å². The lowest BCUT2D eigenvalue weighted by molar-refractivity contribution is 0.102. The predicted molar refractivity (Wildman–Crippen MR) is 72.7 cm³/mol. The number of hydrogen-bond acceptors (Lipinski definition) is 3. The number of benzene rings is 1. The van der Waals surface area contributed by atoms with Crippen molar-refractivity contribution in [2.45, 2.75) is 6.92 Å². The second-order valence-electron chi connectivity index (χ2n) is 3.86. The van der Waals surface area contributed by atoms with Crippen molar-refractivity contribution in [3.8, 4) is 5.75 Å². The summed E-state index contributed by atoms with van der Waals surface area (Å²) in [6.45, 7) is 1.93. The summed E-state index contributed by atoms with van der Waals surface area (Å²) in [7, 11) is 0. The Bertz CT molecular complexity index is 579. The maximum absolute atomic E-state index is 11.9. The van der Waals surface area contributed by atoms with E-state index in [9.17, 15) is 9.90 Å². The molecule has 18 heavy (non-hydrogen) atoms. The minimum Gasteiger partial charge on any atom is -0.505 e. The number of nitrogens with zero attached hydrogens (tertiary/aromatic N) is 1. The second kappa shape index (κ2) is 5.18. The molecule has 1 amide bonds. The van der Waals surface area contributed by atoms with Gasteiger partial charge in [0.2, 0.25) is 0 Å². The molecule has 2 rings (SSSR count). The number of carbonyl (C=O) groups excluding carboxylic acids is 1. The van der Waals surface area contributed by atoms with E-state index in [0.29, 0.717) is 5.69 Å². The lowest BCUT2D eigenvalue weighted by atomic mass is 10.2. The molecular weight excluding hydrogens is 296 g/mol. The summed E-state index contributed by atoms with van der Waals surface area (Å²) < 4.78 is 0.886. The summed E-state index contributed by atoms with van der Waals surface area (Å²) in [5, 5.41) is 12.3. The van der Waals surface area contributed by atoms with Gasteiger partial charge in [-0.2, -0.15) is 0 Å². The first kappa shape index (κ1) is 12.6. The topological polar surface area (TPSA) is 62.2 Å². The van der Waals surface area contributed by atoms with Gasteiger partial charge in [-0.1, -0.05) is 15.9 Å². The molecule has 0 bridgehead atoms. The highest BCUT2D eigenvalue weighted by Crippen LogP contribution is 2.21. The Balaban J connectivity index is 2.24. The summed E-state index contributed by atoms with van der Waals surface area (Å²) in [5.74, 6) is -0.505. The minimum absolute atomic E-state index is 0.137. The number of aryl methyl sites for hydroxylation is 1. The third-order valence-corrected chi connectivity index (χ3v) is 2.80. The molecule has 0 spiro atoms. The van der Waals surface area contributed by atoms with E-state index in [1.54, 1.807) is 6.07 Å².